The second-order valence-electron chi connectivity index (χ2n) is 7.63. The number of anilines is 1. The Kier molecular flexibility index (Phi) is 4.19. The molecule has 1 aliphatic carbocycles. The molecule has 1 unspecified atom stereocenters. The van der Waals surface area contributed by atoms with E-state index in [0.29, 0.717) is 6.04 Å². The highest BCUT2D eigenvalue weighted by molar-refractivity contribution is 5.60. The Labute approximate surface area is 165 Å². The van der Waals surface area contributed by atoms with Crippen LogP contribution in [0.5, 0.6) is 11.5 Å². The normalized spacial score (nSPS) is 18.1. The van der Waals surface area contributed by atoms with Crippen LogP contribution in [-0.4, -0.2) is 18.2 Å². The highest BCUT2D eigenvalue weighted by atomic mass is 16.5. The van der Waals surface area contributed by atoms with Crippen molar-refractivity contribution in [2.75, 3.05) is 12.0 Å². The molecule has 5 rings (SSSR count). The number of fused-ring (bicyclic) bond motifs is 2. The van der Waals surface area contributed by atoms with Crippen LogP contribution in [0, 0.1) is 0 Å². The third kappa shape index (κ3) is 2.89. The molecule has 0 saturated carbocycles. The minimum absolute atomic E-state index is 0.152. The monoisotopic (exact) mass is 372 g/mol. The molecule has 1 atom stereocenters. The van der Waals surface area contributed by atoms with Crippen LogP contribution >= 0.6 is 0 Å². The third-order valence-corrected chi connectivity index (χ3v) is 5.99. The van der Waals surface area contributed by atoms with Crippen LogP contribution in [0.4, 0.5) is 5.69 Å². The van der Waals surface area contributed by atoms with Crippen LogP contribution in [0.3, 0.4) is 0 Å². The van der Waals surface area contributed by atoms with Gasteiger partial charge in [-0.3, -0.25) is 4.98 Å². The maximum atomic E-state index is 6.43. The van der Waals surface area contributed by atoms with Gasteiger partial charge in [0.05, 0.1) is 13.2 Å². The molecule has 4 nitrogen and oxygen atoms in total. The summed E-state index contributed by atoms with van der Waals surface area (Å²) >= 11 is 0. The topological polar surface area (TPSA) is 34.6 Å². The number of aromatic nitrogens is 1. The zero-order valence-corrected chi connectivity index (χ0v) is 16.3. The number of nitrogens with zero attached hydrogens (tertiary/aromatic N) is 2. The second kappa shape index (κ2) is 6.86. The molecule has 0 radical (unpaired) electrons. The molecule has 0 amide bonds. The van der Waals surface area contributed by atoms with E-state index < -0.39 is 0 Å². The third-order valence-electron chi connectivity index (χ3n) is 5.99. The fourth-order valence-corrected chi connectivity index (χ4v) is 4.48. The van der Waals surface area contributed by atoms with Gasteiger partial charge in [-0.1, -0.05) is 24.3 Å². The average Bonchev–Trinajstić information content (AvgIpc) is 3.28. The Morgan fingerprint density at radius 2 is 1.75 bits per heavy atom. The van der Waals surface area contributed by atoms with Crippen molar-refractivity contribution in [1.29, 1.82) is 0 Å². The van der Waals surface area contributed by atoms with Crippen molar-refractivity contribution >= 4 is 5.69 Å². The Balaban J connectivity index is 1.41. The first-order valence-corrected chi connectivity index (χ1v) is 9.84. The van der Waals surface area contributed by atoms with Crippen molar-refractivity contribution in [3.8, 4) is 11.5 Å². The molecule has 2 aromatic carbocycles. The summed E-state index contributed by atoms with van der Waals surface area (Å²) in [6.45, 7) is 3.12. The van der Waals surface area contributed by atoms with Crippen molar-refractivity contribution in [1.82, 2.24) is 4.98 Å². The van der Waals surface area contributed by atoms with E-state index in [9.17, 15) is 0 Å². The fourth-order valence-electron chi connectivity index (χ4n) is 4.48. The lowest BCUT2D eigenvalue weighted by atomic mass is 10.1. The smallest absolute Gasteiger partial charge is 0.163 e. The molecule has 0 fully saturated rings. The Hall–Kier alpha value is -3.01. The van der Waals surface area contributed by atoms with Crippen molar-refractivity contribution in [2.24, 2.45) is 0 Å². The van der Waals surface area contributed by atoms with Crippen LogP contribution in [0.25, 0.3) is 0 Å². The molecular formula is C24H24N2O2. The minimum atomic E-state index is 0.152. The fraction of sp³-hybridized carbons (Fsp3) is 0.292. The maximum absolute atomic E-state index is 6.43. The van der Waals surface area contributed by atoms with Crippen molar-refractivity contribution in [2.45, 2.75) is 38.5 Å². The van der Waals surface area contributed by atoms with Crippen molar-refractivity contribution in [3.63, 3.8) is 0 Å². The van der Waals surface area contributed by atoms with Crippen LogP contribution in [0.1, 0.15) is 35.2 Å². The maximum Gasteiger partial charge on any atom is 0.163 e. The SMILES string of the molecule is COc1ccc(N2Cc3ccncc3C2C)cc1OC1Cc2ccccc2C1. The van der Waals surface area contributed by atoms with Gasteiger partial charge < -0.3 is 14.4 Å². The zero-order chi connectivity index (χ0) is 19.1. The van der Waals surface area contributed by atoms with Gasteiger partial charge in [0.25, 0.3) is 0 Å². The molecule has 0 spiro atoms. The Morgan fingerprint density at radius 1 is 0.964 bits per heavy atom. The first-order valence-electron chi connectivity index (χ1n) is 9.84. The van der Waals surface area contributed by atoms with Gasteiger partial charge in [-0.2, -0.15) is 0 Å². The predicted molar refractivity (Wildman–Crippen MR) is 110 cm³/mol. The second-order valence-corrected chi connectivity index (χ2v) is 7.63. The van der Waals surface area contributed by atoms with Gasteiger partial charge in [-0.05, 0) is 47.4 Å². The van der Waals surface area contributed by atoms with E-state index in [1.807, 2.05) is 18.5 Å². The van der Waals surface area contributed by atoms with Crippen LogP contribution < -0.4 is 14.4 Å². The molecule has 4 heteroatoms. The van der Waals surface area contributed by atoms with Gasteiger partial charge in [-0.15, -0.1) is 0 Å². The molecule has 28 heavy (non-hydrogen) atoms. The quantitative estimate of drug-likeness (QED) is 0.664. The number of hydrogen-bond donors (Lipinski definition) is 0. The van der Waals surface area contributed by atoms with Crippen LogP contribution in [-0.2, 0) is 19.4 Å². The molecule has 1 aromatic heterocycles. The van der Waals surface area contributed by atoms with E-state index in [0.717, 1.165) is 36.6 Å². The number of rotatable bonds is 4. The van der Waals surface area contributed by atoms with Gasteiger partial charge in [0, 0.05) is 43.5 Å². The zero-order valence-electron chi connectivity index (χ0n) is 16.3. The summed E-state index contributed by atoms with van der Waals surface area (Å²) in [6, 6.07) is 17.3. The molecule has 142 valence electrons. The minimum Gasteiger partial charge on any atom is -0.493 e. The van der Waals surface area contributed by atoms with Gasteiger partial charge in [0.2, 0.25) is 0 Å². The van der Waals surface area contributed by atoms with E-state index in [-0.39, 0.29) is 6.10 Å². The number of ether oxygens (including phenoxy) is 2. The molecule has 0 bridgehead atoms. The first kappa shape index (κ1) is 17.1. The van der Waals surface area contributed by atoms with E-state index in [4.69, 9.17) is 9.47 Å². The number of methoxy groups -OCH3 is 1. The Bertz CT molecular complexity index is 992. The molecule has 0 saturated heterocycles. The van der Waals surface area contributed by atoms with Crippen molar-refractivity contribution in [3.05, 3.63) is 83.2 Å². The summed E-state index contributed by atoms with van der Waals surface area (Å²) in [4.78, 5) is 6.69. The molecule has 2 aliphatic rings. The summed E-state index contributed by atoms with van der Waals surface area (Å²) < 4.78 is 12.0. The van der Waals surface area contributed by atoms with Crippen LogP contribution in [0.15, 0.2) is 60.9 Å². The lowest BCUT2D eigenvalue weighted by Gasteiger charge is -2.26. The standard InChI is InChI=1S/C24H24N2O2/c1-16-22-14-25-10-9-19(22)15-26(16)20-7-8-23(27-2)24(13-20)28-21-11-17-5-3-4-6-18(17)12-21/h3-10,13-14,16,21H,11-12,15H2,1-2H3. The first-order chi connectivity index (χ1) is 13.7. The summed E-state index contributed by atoms with van der Waals surface area (Å²) in [5, 5.41) is 0. The van der Waals surface area contributed by atoms with E-state index >= 15 is 0 Å². The van der Waals surface area contributed by atoms with Gasteiger partial charge in [-0.25, -0.2) is 0 Å². The van der Waals surface area contributed by atoms with Gasteiger partial charge in [0.1, 0.15) is 6.10 Å². The molecule has 3 aromatic rings. The van der Waals surface area contributed by atoms with Gasteiger partial charge >= 0.3 is 0 Å². The molecule has 1 aliphatic heterocycles. The average molecular weight is 372 g/mol. The molecular weight excluding hydrogens is 348 g/mol. The summed E-state index contributed by atoms with van der Waals surface area (Å²) in [5.74, 6) is 1.60. The van der Waals surface area contributed by atoms with Crippen LogP contribution in [0.2, 0.25) is 0 Å². The summed E-state index contributed by atoms with van der Waals surface area (Å²) in [5.41, 5.74) is 6.56. The van der Waals surface area contributed by atoms with Gasteiger partial charge in [0.15, 0.2) is 11.5 Å². The number of hydrogen-bond acceptors (Lipinski definition) is 4. The molecule has 0 N–H and O–H groups in total. The highest BCUT2D eigenvalue weighted by Crippen LogP contribution is 2.41. The lowest BCUT2D eigenvalue weighted by Crippen LogP contribution is -2.20. The molecule has 2 heterocycles. The number of benzene rings is 2. The van der Waals surface area contributed by atoms with Crippen molar-refractivity contribution < 1.29 is 9.47 Å². The highest BCUT2D eigenvalue weighted by Gasteiger charge is 2.28. The van der Waals surface area contributed by atoms with E-state index in [1.165, 1.54) is 22.3 Å². The van der Waals surface area contributed by atoms with E-state index in [2.05, 4.69) is 59.3 Å². The lowest BCUT2D eigenvalue weighted by molar-refractivity contribution is 0.204. The summed E-state index contributed by atoms with van der Waals surface area (Å²) in [7, 11) is 1.70. The van der Waals surface area contributed by atoms with E-state index in [1.54, 1.807) is 7.11 Å². The number of pyridine rings is 1. The largest absolute Gasteiger partial charge is 0.493 e. The summed E-state index contributed by atoms with van der Waals surface area (Å²) in [6.07, 6.45) is 5.90. The Morgan fingerprint density at radius 3 is 2.46 bits per heavy atom. The predicted octanol–water partition coefficient (Wildman–Crippen LogP) is 4.72.